The molecule has 1 heterocycles. The molecule has 0 fully saturated rings. The van der Waals surface area contributed by atoms with Crippen LogP contribution in [0.25, 0.3) is 5.69 Å². The zero-order valence-corrected chi connectivity index (χ0v) is 11.8. The second-order valence-electron chi connectivity index (χ2n) is 4.13. The van der Waals surface area contributed by atoms with Gasteiger partial charge in [0.2, 0.25) is 0 Å². The maximum atomic E-state index is 11.0. The van der Waals surface area contributed by atoms with E-state index in [1.54, 1.807) is 18.2 Å². The summed E-state index contributed by atoms with van der Waals surface area (Å²) in [4.78, 5) is 10.5. The average Bonchev–Trinajstić information content (AvgIpc) is 2.95. The Bertz CT molecular complexity index is 616. The molecule has 1 aromatic carbocycles. The lowest BCUT2D eigenvalue weighted by atomic mass is 10.1. The van der Waals surface area contributed by atoms with Crippen LogP contribution < -0.4 is 0 Å². The lowest BCUT2D eigenvalue weighted by Crippen LogP contribution is -2.18. The van der Waals surface area contributed by atoms with Gasteiger partial charge in [0.25, 0.3) is 5.69 Å². The minimum atomic E-state index is -1.11. The van der Waals surface area contributed by atoms with E-state index in [0.717, 1.165) is 0 Å². The highest BCUT2D eigenvalue weighted by atomic mass is 79.9. The van der Waals surface area contributed by atoms with E-state index in [4.69, 9.17) is 0 Å². The third-order valence-corrected chi connectivity index (χ3v) is 3.46. The van der Waals surface area contributed by atoms with Crippen molar-refractivity contribution >= 4 is 21.6 Å². The molecule has 0 aliphatic heterocycles. The van der Waals surface area contributed by atoms with E-state index in [2.05, 4.69) is 21.0 Å². The molecule has 0 amide bonds. The first-order chi connectivity index (χ1) is 9.54. The number of alkyl halides is 1. The first kappa shape index (κ1) is 14.6. The number of aliphatic hydroxyl groups is 2. The van der Waals surface area contributed by atoms with Crippen LogP contribution in [-0.4, -0.2) is 36.4 Å². The van der Waals surface area contributed by atoms with Gasteiger partial charge in [0.1, 0.15) is 11.8 Å². The number of para-hydroxylation sites is 2. The van der Waals surface area contributed by atoms with Crippen molar-refractivity contribution in [3.63, 3.8) is 0 Å². The number of hydrogen-bond acceptors (Lipinski definition) is 5. The number of halogens is 1. The topological polar surface area (TPSA) is 101 Å². The number of benzene rings is 1. The Kier molecular flexibility index (Phi) is 4.48. The van der Waals surface area contributed by atoms with Crippen molar-refractivity contribution in [3.05, 3.63) is 52.3 Å². The van der Waals surface area contributed by atoms with Crippen LogP contribution in [0.15, 0.2) is 36.7 Å². The van der Waals surface area contributed by atoms with E-state index in [0.29, 0.717) is 11.3 Å². The highest BCUT2D eigenvalue weighted by molar-refractivity contribution is 9.09. The molecular weight excluding hydrogens is 330 g/mol. The molecule has 106 valence electrons. The number of nitro groups is 1. The molecule has 2 aromatic rings. The molecule has 0 saturated carbocycles. The van der Waals surface area contributed by atoms with Crippen molar-refractivity contribution in [2.75, 3.05) is 5.33 Å². The first-order valence-corrected chi connectivity index (χ1v) is 6.87. The minimum absolute atomic E-state index is 0.0855. The Labute approximate surface area is 122 Å². The van der Waals surface area contributed by atoms with Crippen LogP contribution in [0, 0.1) is 10.1 Å². The number of nitro benzene ring substituents is 1. The van der Waals surface area contributed by atoms with Crippen LogP contribution >= 0.6 is 15.9 Å². The van der Waals surface area contributed by atoms with Gasteiger partial charge in [-0.3, -0.25) is 10.1 Å². The summed E-state index contributed by atoms with van der Waals surface area (Å²) in [6.45, 7) is 0. The molecule has 20 heavy (non-hydrogen) atoms. The van der Waals surface area contributed by atoms with Gasteiger partial charge >= 0.3 is 0 Å². The van der Waals surface area contributed by atoms with E-state index in [9.17, 15) is 20.3 Å². The van der Waals surface area contributed by atoms with E-state index >= 15 is 0 Å². The normalized spacial score (nSPS) is 13.9. The summed E-state index contributed by atoms with van der Waals surface area (Å²) in [6.07, 6.45) is 0.746. The maximum Gasteiger partial charge on any atom is 0.294 e. The van der Waals surface area contributed by atoms with E-state index in [1.165, 1.54) is 23.1 Å². The molecule has 0 saturated heterocycles. The van der Waals surface area contributed by atoms with Crippen molar-refractivity contribution in [2.24, 2.45) is 0 Å². The molecule has 7 nitrogen and oxygen atoms in total. The highest BCUT2D eigenvalue weighted by Crippen LogP contribution is 2.24. The van der Waals surface area contributed by atoms with Crippen LogP contribution in [0.1, 0.15) is 11.7 Å². The van der Waals surface area contributed by atoms with Gasteiger partial charge in [-0.2, -0.15) is 5.10 Å². The SMILES string of the molecule is O=[N+]([O-])c1ccccc1-n1cc(C(O)C(O)CBr)cn1. The molecule has 0 bridgehead atoms. The van der Waals surface area contributed by atoms with Gasteiger partial charge in [-0.25, -0.2) is 4.68 Å². The van der Waals surface area contributed by atoms with Crippen LogP contribution in [0.2, 0.25) is 0 Å². The van der Waals surface area contributed by atoms with E-state index in [-0.39, 0.29) is 11.0 Å². The summed E-state index contributed by atoms with van der Waals surface area (Å²) in [7, 11) is 0. The highest BCUT2D eigenvalue weighted by Gasteiger charge is 2.21. The van der Waals surface area contributed by atoms with Crippen molar-refractivity contribution in [1.29, 1.82) is 0 Å². The zero-order valence-electron chi connectivity index (χ0n) is 10.3. The van der Waals surface area contributed by atoms with Gasteiger partial charge < -0.3 is 10.2 Å². The van der Waals surface area contributed by atoms with E-state index < -0.39 is 17.1 Å². The fraction of sp³-hybridized carbons (Fsp3) is 0.250. The van der Waals surface area contributed by atoms with Crippen molar-refractivity contribution in [1.82, 2.24) is 9.78 Å². The molecule has 8 heteroatoms. The predicted octanol–water partition coefficient (Wildman–Crippen LogP) is 1.57. The van der Waals surface area contributed by atoms with E-state index in [1.807, 2.05) is 0 Å². The number of rotatable bonds is 5. The molecule has 0 radical (unpaired) electrons. The molecule has 0 aliphatic rings. The van der Waals surface area contributed by atoms with Crippen LogP contribution in [-0.2, 0) is 0 Å². The number of hydrogen-bond donors (Lipinski definition) is 2. The van der Waals surface area contributed by atoms with Gasteiger partial charge in [-0.05, 0) is 6.07 Å². The summed E-state index contributed by atoms with van der Waals surface area (Å²) in [5, 5.41) is 34.6. The first-order valence-electron chi connectivity index (χ1n) is 5.75. The summed E-state index contributed by atoms with van der Waals surface area (Å²) in [6, 6.07) is 6.16. The Morgan fingerprint density at radius 3 is 2.75 bits per heavy atom. The standard InChI is InChI=1S/C12H12BrN3O4/c13-5-11(17)12(18)8-6-14-15(7-8)9-3-1-2-4-10(9)16(19)20/h1-4,6-7,11-12,17-18H,5H2. The molecule has 0 spiro atoms. The van der Waals surface area contributed by atoms with Crippen molar-refractivity contribution < 1.29 is 15.1 Å². The minimum Gasteiger partial charge on any atom is -0.389 e. The largest absolute Gasteiger partial charge is 0.389 e. The average molecular weight is 342 g/mol. The van der Waals surface area contributed by atoms with Crippen LogP contribution in [0.4, 0.5) is 5.69 Å². The molecule has 2 unspecified atom stereocenters. The zero-order chi connectivity index (χ0) is 14.7. The monoisotopic (exact) mass is 341 g/mol. The lowest BCUT2D eigenvalue weighted by molar-refractivity contribution is -0.384. The third kappa shape index (κ3) is 2.87. The third-order valence-electron chi connectivity index (χ3n) is 2.79. The van der Waals surface area contributed by atoms with Crippen molar-refractivity contribution in [3.8, 4) is 5.69 Å². The second-order valence-corrected chi connectivity index (χ2v) is 4.78. The number of nitrogens with zero attached hydrogens (tertiary/aromatic N) is 3. The quantitative estimate of drug-likeness (QED) is 0.488. The fourth-order valence-electron chi connectivity index (χ4n) is 1.74. The number of aliphatic hydroxyl groups excluding tert-OH is 2. The smallest absolute Gasteiger partial charge is 0.294 e. The van der Waals surface area contributed by atoms with Gasteiger partial charge in [0.05, 0.1) is 17.2 Å². The van der Waals surface area contributed by atoms with Gasteiger partial charge in [-0.15, -0.1) is 0 Å². The van der Waals surface area contributed by atoms with Crippen LogP contribution in [0.3, 0.4) is 0 Å². The molecular formula is C12H12BrN3O4. The Morgan fingerprint density at radius 1 is 1.40 bits per heavy atom. The van der Waals surface area contributed by atoms with Gasteiger partial charge in [0, 0.05) is 23.2 Å². The van der Waals surface area contributed by atoms with Crippen LogP contribution in [0.5, 0.6) is 0 Å². The summed E-state index contributed by atoms with van der Waals surface area (Å²) in [5.41, 5.74) is 0.595. The summed E-state index contributed by atoms with van der Waals surface area (Å²) in [5.74, 6) is 0. The summed E-state index contributed by atoms with van der Waals surface area (Å²) >= 11 is 3.07. The second kappa shape index (κ2) is 6.12. The predicted molar refractivity (Wildman–Crippen MR) is 75.0 cm³/mol. The van der Waals surface area contributed by atoms with Gasteiger partial charge in [0.15, 0.2) is 0 Å². The number of aromatic nitrogens is 2. The summed E-state index contributed by atoms with van der Waals surface area (Å²) < 4.78 is 1.30. The molecule has 0 aliphatic carbocycles. The Hall–Kier alpha value is -1.77. The molecule has 1 aromatic heterocycles. The Morgan fingerprint density at radius 2 is 2.10 bits per heavy atom. The van der Waals surface area contributed by atoms with Gasteiger partial charge in [-0.1, -0.05) is 28.1 Å². The Balaban J connectivity index is 2.36. The lowest BCUT2D eigenvalue weighted by Gasteiger charge is -2.13. The molecule has 2 N–H and O–H groups in total. The molecule has 2 atom stereocenters. The fourth-order valence-corrected chi connectivity index (χ4v) is 2.09. The van der Waals surface area contributed by atoms with Crippen molar-refractivity contribution in [2.45, 2.75) is 12.2 Å². The maximum absolute atomic E-state index is 11.0. The molecule has 2 rings (SSSR count).